The average molecular weight is 664 g/mol. The molecule has 45 heavy (non-hydrogen) atoms. The van der Waals surface area contributed by atoms with Crippen molar-refractivity contribution in [3.63, 3.8) is 0 Å². The van der Waals surface area contributed by atoms with Crippen molar-refractivity contribution in [1.82, 2.24) is 19.5 Å². The maximum absolute atomic E-state index is 15.7. The molecule has 4 rings (SSSR count). The summed E-state index contributed by atoms with van der Waals surface area (Å²) in [7, 11) is -9.67. The van der Waals surface area contributed by atoms with Gasteiger partial charge in [0.25, 0.3) is 0 Å². The van der Waals surface area contributed by atoms with Gasteiger partial charge < -0.3 is 34.7 Å². The van der Waals surface area contributed by atoms with Crippen LogP contribution in [0.15, 0.2) is 78.6 Å². The lowest BCUT2D eigenvalue weighted by molar-refractivity contribution is -0.0352. The maximum Gasteiger partial charge on any atom is 0.340 e. The summed E-state index contributed by atoms with van der Waals surface area (Å²) in [4.78, 5) is 41.4. The number of aliphatic hydroxyl groups excluding tert-OH is 2. The van der Waals surface area contributed by atoms with Crippen molar-refractivity contribution >= 4 is 32.2 Å². The predicted octanol–water partition coefficient (Wildman–Crippen LogP) is 4.09. The number of aromatic nitrogens is 4. The third kappa shape index (κ3) is 9.83. The molecule has 13 nitrogen and oxygen atoms in total. The number of imidazole rings is 1. The summed E-state index contributed by atoms with van der Waals surface area (Å²) in [5.74, 6) is -0.654. The van der Waals surface area contributed by atoms with Gasteiger partial charge in [0.2, 0.25) is 0 Å². The summed E-state index contributed by atoms with van der Waals surface area (Å²) in [6.07, 6.45) is -2.57. The monoisotopic (exact) mass is 663 g/mol. The Morgan fingerprint density at radius 1 is 1.00 bits per heavy atom. The van der Waals surface area contributed by atoms with Gasteiger partial charge in [-0.3, -0.25) is 13.7 Å². The molecule has 0 aliphatic rings. The van der Waals surface area contributed by atoms with Gasteiger partial charge in [0.05, 0.1) is 12.9 Å². The maximum atomic E-state index is 15.7. The van der Waals surface area contributed by atoms with Gasteiger partial charge in [-0.15, -0.1) is 0 Å². The first-order valence-corrected chi connectivity index (χ1v) is 17.7. The van der Waals surface area contributed by atoms with E-state index in [4.69, 9.17) is 14.3 Å². The number of aliphatic hydroxyl groups is 2. The normalized spacial score (nSPS) is 15.8. The summed E-state index contributed by atoms with van der Waals surface area (Å²) in [6, 6.07) is 19.3. The smallest absolute Gasteiger partial charge is 0.340 e. The number of aryl methyl sites for hydroxylation is 2. The van der Waals surface area contributed by atoms with Crippen molar-refractivity contribution in [3.05, 3.63) is 95.6 Å². The number of benzene rings is 2. The van der Waals surface area contributed by atoms with Crippen molar-refractivity contribution < 1.29 is 42.9 Å². The Morgan fingerprint density at radius 2 is 1.64 bits per heavy atom. The van der Waals surface area contributed by atoms with Crippen molar-refractivity contribution in [2.45, 2.75) is 51.2 Å². The van der Waals surface area contributed by atoms with Crippen LogP contribution in [0.4, 0.5) is 10.2 Å². The van der Waals surface area contributed by atoms with E-state index in [9.17, 15) is 24.2 Å². The second-order valence-electron chi connectivity index (χ2n) is 10.3. The molecule has 0 saturated carbocycles. The number of hydrogen-bond donors (Lipinski definition) is 6. The van der Waals surface area contributed by atoms with Gasteiger partial charge in [0.1, 0.15) is 11.9 Å². The first-order chi connectivity index (χ1) is 21.4. The van der Waals surface area contributed by atoms with E-state index in [0.717, 1.165) is 15.7 Å². The summed E-state index contributed by atoms with van der Waals surface area (Å²) >= 11 is 0. The van der Waals surface area contributed by atoms with E-state index in [1.54, 1.807) is 6.92 Å². The molecule has 242 valence electrons. The molecule has 2 aromatic carbocycles. The lowest BCUT2D eigenvalue weighted by Gasteiger charge is -2.25. The number of hydrogen-bond acceptors (Lipinski definition) is 9. The lowest BCUT2D eigenvalue weighted by atomic mass is 10.0. The molecule has 4 aromatic rings. The average Bonchev–Trinajstić information content (AvgIpc) is 3.44. The minimum Gasteiger partial charge on any atom is -0.385 e. The molecule has 0 spiro atoms. The van der Waals surface area contributed by atoms with Crippen molar-refractivity contribution in [2.75, 3.05) is 17.8 Å². The van der Waals surface area contributed by atoms with Gasteiger partial charge in [-0.25, -0.2) is 19.3 Å². The topological polar surface area (TPSA) is 200 Å². The Balaban J connectivity index is 1.60. The third-order valence-corrected chi connectivity index (χ3v) is 10.2. The molecule has 16 heteroatoms. The predicted molar refractivity (Wildman–Crippen MR) is 166 cm³/mol. The summed E-state index contributed by atoms with van der Waals surface area (Å²) < 4.78 is 44.8. The molecule has 6 N–H and O–H groups in total. The molecule has 0 radical (unpaired) electrons. The molecule has 0 aliphatic heterocycles. The van der Waals surface area contributed by atoms with E-state index in [1.807, 2.05) is 60.7 Å². The highest BCUT2D eigenvalue weighted by Crippen LogP contribution is 2.55. The van der Waals surface area contributed by atoms with E-state index in [1.165, 1.54) is 12.4 Å². The largest absolute Gasteiger partial charge is 0.385 e. The van der Waals surface area contributed by atoms with Gasteiger partial charge in [-0.2, -0.15) is 0 Å². The first-order valence-electron chi connectivity index (χ1n) is 14.1. The Labute approximate surface area is 259 Å². The van der Waals surface area contributed by atoms with Crippen LogP contribution in [0.5, 0.6) is 0 Å². The lowest BCUT2D eigenvalue weighted by Crippen LogP contribution is -2.34. The standard InChI is InChI=1S/C29H36FN5O8P2/c1-2-9-22(17-43-45(41,42)19-44(38,39)40)26(36)24(30)29(37)35-18-32-25-27(31-16-21-12-7-4-8-13-21)33-23(34-28(25)35)15-14-20-10-5-3-6-11-20/h3-13,18,24,26,29,36-37H,2,14-17,19H2,1H3,(H,41,42)(H,31,33,34)(H2,38,39,40)/b22-9-/t24-,26+,29+/m0/s1. The number of allylic oxidation sites excluding steroid dienone is 1. The molecule has 0 fully saturated rings. The van der Waals surface area contributed by atoms with Gasteiger partial charge in [0.15, 0.2) is 35.3 Å². The van der Waals surface area contributed by atoms with E-state index in [2.05, 4.69) is 20.3 Å². The van der Waals surface area contributed by atoms with Crippen molar-refractivity contribution in [1.29, 1.82) is 0 Å². The van der Waals surface area contributed by atoms with Gasteiger partial charge in [-0.05, 0) is 29.5 Å². The highest BCUT2D eigenvalue weighted by atomic mass is 31.2. The van der Waals surface area contributed by atoms with Crippen LogP contribution >= 0.6 is 15.2 Å². The molecule has 4 atom stereocenters. The SMILES string of the molecule is CC/C=C(/COP(=O)(O)CP(=O)(O)O)[C@@H](O)[C@H](F)[C@@H](O)n1cnc2c(NCc3ccccc3)nc(CCc3ccccc3)nc21. The second kappa shape index (κ2) is 15.3. The van der Waals surface area contributed by atoms with Gasteiger partial charge in [-0.1, -0.05) is 73.7 Å². The van der Waals surface area contributed by atoms with Crippen molar-refractivity contribution in [2.24, 2.45) is 0 Å². The number of nitrogens with zero attached hydrogens (tertiary/aromatic N) is 4. The van der Waals surface area contributed by atoms with Crippen LogP contribution in [0.2, 0.25) is 0 Å². The Kier molecular flexibility index (Phi) is 11.8. The molecular weight excluding hydrogens is 627 g/mol. The zero-order valence-corrected chi connectivity index (χ0v) is 26.2. The van der Waals surface area contributed by atoms with Crippen LogP contribution in [-0.4, -0.2) is 69.2 Å². The number of rotatable bonds is 16. The van der Waals surface area contributed by atoms with E-state index in [0.29, 0.717) is 31.0 Å². The molecule has 2 heterocycles. The van der Waals surface area contributed by atoms with Gasteiger partial charge in [0, 0.05) is 13.0 Å². The minimum atomic E-state index is -4.89. The number of fused-ring (bicyclic) bond motifs is 1. The third-order valence-electron chi connectivity index (χ3n) is 6.76. The molecule has 0 amide bonds. The Morgan fingerprint density at radius 3 is 2.27 bits per heavy atom. The summed E-state index contributed by atoms with van der Waals surface area (Å²) in [5, 5.41) is 25.1. The van der Waals surface area contributed by atoms with Crippen LogP contribution in [-0.2, 0) is 33.0 Å². The number of halogens is 1. The molecule has 0 bridgehead atoms. The van der Waals surface area contributed by atoms with E-state index < -0.39 is 46.2 Å². The highest BCUT2D eigenvalue weighted by Gasteiger charge is 2.35. The summed E-state index contributed by atoms with van der Waals surface area (Å²) in [5.41, 5.74) is 2.22. The second-order valence-corrected chi connectivity index (χ2v) is 14.3. The van der Waals surface area contributed by atoms with Gasteiger partial charge >= 0.3 is 15.2 Å². The van der Waals surface area contributed by atoms with Crippen LogP contribution < -0.4 is 5.32 Å². The van der Waals surface area contributed by atoms with E-state index >= 15 is 4.39 Å². The molecule has 0 aliphatic carbocycles. The van der Waals surface area contributed by atoms with Crippen LogP contribution in [0.3, 0.4) is 0 Å². The summed E-state index contributed by atoms with van der Waals surface area (Å²) in [6.45, 7) is 1.26. The van der Waals surface area contributed by atoms with Crippen LogP contribution in [0.25, 0.3) is 11.2 Å². The fourth-order valence-corrected chi connectivity index (χ4v) is 7.11. The molecule has 0 saturated heterocycles. The number of nitrogens with one attached hydrogen (secondary N) is 1. The zero-order chi connectivity index (χ0) is 32.6. The van der Waals surface area contributed by atoms with Crippen LogP contribution in [0, 0.1) is 0 Å². The molecule has 1 unspecified atom stereocenters. The fraction of sp³-hybridized carbons (Fsp3) is 0.345. The molecular formula is C29H36FN5O8P2. The van der Waals surface area contributed by atoms with Crippen LogP contribution in [0.1, 0.15) is 36.5 Å². The number of alkyl halides is 1. The molecule has 2 aromatic heterocycles. The Bertz CT molecular complexity index is 1690. The minimum absolute atomic E-state index is 0.116. The highest BCUT2D eigenvalue weighted by molar-refractivity contribution is 7.70. The quantitative estimate of drug-likeness (QED) is 0.0742. The van der Waals surface area contributed by atoms with Crippen molar-refractivity contribution in [3.8, 4) is 0 Å². The fourth-order valence-electron chi connectivity index (χ4n) is 4.57. The zero-order valence-electron chi connectivity index (χ0n) is 24.4. The first kappa shape index (κ1) is 34.6. The van der Waals surface area contributed by atoms with E-state index in [-0.39, 0.29) is 23.2 Å². The number of anilines is 1. The Hall–Kier alpha value is -3.32.